The Bertz CT molecular complexity index is 486. The van der Waals surface area contributed by atoms with Crippen LogP contribution in [0.5, 0.6) is 0 Å². The van der Waals surface area contributed by atoms with Gasteiger partial charge in [0, 0.05) is 20.1 Å². The molecule has 0 spiro atoms. The van der Waals surface area contributed by atoms with E-state index in [-0.39, 0.29) is 0 Å². The maximum Gasteiger partial charge on any atom is 0.246 e. The van der Waals surface area contributed by atoms with E-state index in [4.69, 9.17) is 0 Å². The summed E-state index contributed by atoms with van der Waals surface area (Å²) in [6.45, 7) is 7.11. The van der Waals surface area contributed by atoms with Crippen LogP contribution in [0.3, 0.4) is 0 Å². The fourth-order valence-corrected chi connectivity index (χ4v) is 3.59. The monoisotopic (exact) mass is 287 g/mol. The van der Waals surface area contributed by atoms with Crippen molar-refractivity contribution in [3.05, 3.63) is 11.9 Å². The van der Waals surface area contributed by atoms with Crippen molar-refractivity contribution < 1.29 is 8.42 Å². The van der Waals surface area contributed by atoms with Crippen LogP contribution in [0.15, 0.2) is 11.1 Å². The SMILES string of the molecule is CCCCN(CCCC)S(=O)(=O)c1cnn(C)c1C. The lowest BCUT2D eigenvalue weighted by atomic mass is 10.3. The third-order valence-corrected chi connectivity index (χ3v) is 5.33. The average molecular weight is 287 g/mol. The lowest BCUT2D eigenvalue weighted by Crippen LogP contribution is -2.33. The third-order valence-electron chi connectivity index (χ3n) is 3.33. The topological polar surface area (TPSA) is 55.2 Å². The number of unbranched alkanes of at least 4 members (excludes halogenated alkanes) is 2. The lowest BCUT2D eigenvalue weighted by molar-refractivity contribution is 0.395. The zero-order valence-corrected chi connectivity index (χ0v) is 13.2. The molecule has 6 heteroatoms. The molecule has 0 radical (unpaired) electrons. The molecule has 1 heterocycles. The molecule has 110 valence electrons. The van der Waals surface area contributed by atoms with E-state index in [1.54, 1.807) is 23.0 Å². The highest BCUT2D eigenvalue weighted by atomic mass is 32.2. The number of aryl methyl sites for hydroxylation is 1. The molecule has 1 aromatic heterocycles. The fraction of sp³-hybridized carbons (Fsp3) is 0.769. The van der Waals surface area contributed by atoms with E-state index in [1.807, 2.05) is 0 Å². The van der Waals surface area contributed by atoms with Gasteiger partial charge in [0.25, 0.3) is 0 Å². The summed E-state index contributed by atoms with van der Waals surface area (Å²) in [7, 11) is -1.64. The van der Waals surface area contributed by atoms with Crippen molar-refractivity contribution in [1.29, 1.82) is 0 Å². The van der Waals surface area contributed by atoms with E-state index in [1.165, 1.54) is 6.20 Å². The van der Waals surface area contributed by atoms with Crippen LogP contribution >= 0.6 is 0 Å². The molecule has 0 atom stereocenters. The summed E-state index contributed by atoms with van der Waals surface area (Å²) in [6.07, 6.45) is 5.22. The zero-order chi connectivity index (χ0) is 14.5. The van der Waals surface area contributed by atoms with Gasteiger partial charge in [-0.1, -0.05) is 26.7 Å². The van der Waals surface area contributed by atoms with Crippen LogP contribution in [0.2, 0.25) is 0 Å². The molecule has 0 bridgehead atoms. The first-order chi connectivity index (χ1) is 8.95. The van der Waals surface area contributed by atoms with E-state index in [0.717, 1.165) is 25.7 Å². The normalized spacial score (nSPS) is 12.3. The van der Waals surface area contributed by atoms with Crippen LogP contribution in [0, 0.1) is 6.92 Å². The molecule has 0 saturated carbocycles. The number of nitrogens with zero attached hydrogens (tertiary/aromatic N) is 3. The van der Waals surface area contributed by atoms with Crippen LogP contribution < -0.4 is 0 Å². The Morgan fingerprint density at radius 3 is 2.11 bits per heavy atom. The molecule has 0 unspecified atom stereocenters. The highest BCUT2D eigenvalue weighted by Gasteiger charge is 2.27. The van der Waals surface area contributed by atoms with Crippen LogP contribution in [0.1, 0.15) is 45.2 Å². The standard InChI is InChI=1S/C13H25N3O2S/c1-5-7-9-16(10-8-6-2)19(17,18)13-11-14-15(4)12(13)3/h11H,5-10H2,1-4H3. The average Bonchev–Trinajstić information content (AvgIpc) is 2.70. The van der Waals surface area contributed by atoms with Crippen LogP contribution in [0.4, 0.5) is 0 Å². The van der Waals surface area contributed by atoms with Crippen molar-refractivity contribution in [2.45, 2.75) is 51.3 Å². The maximum absolute atomic E-state index is 12.7. The Labute approximate surface area is 116 Å². The zero-order valence-electron chi connectivity index (χ0n) is 12.4. The molecule has 5 nitrogen and oxygen atoms in total. The molecule has 0 N–H and O–H groups in total. The van der Waals surface area contributed by atoms with Gasteiger partial charge in [0.2, 0.25) is 10.0 Å². The van der Waals surface area contributed by atoms with Gasteiger partial charge in [-0.2, -0.15) is 9.40 Å². The summed E-state index contributed by atoms with van der Waals surface area (Å²) in [5.41, 5.74) is 0.693. The Balaban J connectivity index is 3.01. The van der Waals surface area contributed by atoms with Gasteiger partial charge in [0.05, 0.1) is 11.9 Å². The lowest BCUT2D eigenvalue weighted by Gasteiger charge is -2.21. The van der Waals surface area contributed by atoms with Gasteiger partial charge in [-0.05, 0) is 19.8 Å². The largest absolute Gasteiger partial charge is 0.272 e. The molecular weight excluding hydrogens is 262 g/mol. The summed E-state index contributed by atoms with van der Waals surface area (Å²) < 4.78 is 28.5. The first-order valence-electron chi connectivity index (χ1n) is 6.93. The minimum atomic E-state index is -3.41. The third kappa shape index (κ3) is 3.79. The summed E-state index contributed by atoms with van der Waals surface area (Å²) >= 11 is 0. The van der Waals surface area contributed by atoms with E-state index in [9.17, 15) is 8.42 Å². The van der Waals surface area contributed by atoms with Gasteiger partial charge in [-0.15, -0.1) is 0 Å². The van der Waals surface area contributed by atoms with Gasteiger partial charge >= 0.3 is 0 Å². The Hall–Kier alpha value is -0.880. The Kier molecular flexibility index (Phi) is 6.00. The minimum Gasteiger partial charge on any atom is -0.272 e. The summed E-state index contributed by atoms with van der Waals surface area (Å²) in [5.74, 6) is 0. The molecule has 0 aliphatic heterocycles. The predicted molar refractivity (Wildman–Crippen MR) is 76.5 cm³/mol. The van der Waals surface area contributed by atoms with E-state index < -0.39 is 10.0 Å². The van der Waals surface area contributed by atoms with Gasteiger partial charge < -0.3 is 0 Å². The second kappa shape index (κ2) is 7.05. The molecule has 0 saturated heterocycles. The molecule has 0 fully saturated rings. The van der Waals surface area contributed by atoms with E-state index in [2.05, 4.69) is 18.9 Å². The van der Waals surface area contributed by atoms with Gasteiger partial charge in [0.15, 0.2) is 0 Å². The fourth-order valence-electron chi connectivity index (χ4n) is 1.89. The molecule has 0 aliphatic carbocycles. The van der Waals surface area contributed by atoms with Gasteiger partial charge in [0.1, 0.15) is 4.90 Å². The molecule has 1 aromatic rings. The molecule has 0 aromatic carbocycles. The second-order valence-corrected chi connectivity index (χ2v) is 6.74. The molecular formula is C13H25N3O2S. The quantitative estimate of drug-likeness (QED) is 0.737. The highest BCUT2D eigenvalue weighted by Crippen LogP contribution is 2.20. The number of sulfonamides is 1. The maximum atomic E-state index is 12.7. The predicted octanol–water partition coefficient (Wildman–Crippen LogP) is 2.32. The van der Waals surface area contributed by atoms with Gasteiger partial charge in [-0.25, -0.2) is 8.42 Å². The number of hydrogen-bond acceptors (Lipinski definition) is 3. The summed E-state index contributed by atoms with van der Waals surface area (Å²) in [6, 6.07) is 0. The number of aromatic nitrogens is 2. The van der Waals surface area contributed by atoms with Crippen molar-refractivity contribution in [2.24, 2.45) is 7.05 Å². The van der Waals surface area contributed by atoms with Gasteiger partial charge in [-0.3, -0.25) is 4.68 Å². The van der Waals surface area contributed by atoms with Crippen molar-refractivity contribution in [2.75, 3.05) is 13.1 Å². The van der Waals surface area contributed by atoms with Crippen molar-refractivity contribution in [3.8, 4) is 0 Å². The smallest absolute Gasteiger partial charge is 0.246 e. The second-order valence-electron chi connectivity index (χ2n) is 4.83. The molecule has 1 rings (SSSR count). The van der Waals surface area contributed by atoms with E-state index >= 15 is 0 Å². The first kappa shape index (κ1) is 16.2. The summed E-state index contributed by atoms with van der Waals surface area (Å²) in [4.78, 5) is 0.335. The number of hydrogen-bond donors (Lipinski definition) is 0. The van der Waals surface area contributed by atoms with Crippen LogP contribution in [0.25, 0.3) is 0 Å². The molecule has 0 aliphatic rings. The summed E-state index contributed by atoms with van der Waals surface area (Å²) in [5, 5.41) is 4.04. The Morgan fingerprint density at radius 1 is 1.21 bits per heavy atom. The van der Waals surface area contributed by atoms with Crippen molar-refractivity contribution >= 4 is 10.0 Å². The van der Waals surface area contributed by atoms with Crippen molar-refractivity contribution in [3.63, 3.8) is 0 Å². The van der Waals surface area contributed by atoms with E-state index in [0.29, 0.717) is 23.7 Å². The Morgan fingerprint density at radius 2 is 1.74 bits per heavy atom. The van der Waals surface area contributed by atoms with Crippen LogP contribution in [-0.2, 0) is 17.1 Å². The molecule has 0 amide bonds. The van der Waals surface area contributed by atoms with Crippen molar-refractivity contribution in [1.82, 2.24) is 14.1 Å². The minimum absolute atomic E-state index is 0.335. The molecule has 19 heavy (non-hydrogen) atoms. The van der Waals surface area contributed by atoms with Crippen LogP contribution in [-0.4, -0.2) is 35.6 Å². The number of rotatable bonds is 8. The highest BCUT2D eigenvalue weighted by molar-refractivity contribution is 7.89. The first-order valence-corrected chi connectivity index (χ1v) is 8.37.